The van der Waals surface area contributed by atoms with Crippen molar-refractivity contribution in [3.63, 3.8) is 0 Å². The third kappa shape index (κ3) is 1.47. The summed E-state index contributed by atoms with van der Waals surface area (Å²) in [6.07, 6.45) is 2.71. The van der Waals surface area contributed by atoms with E-state index in [1.807, 2.05) is 12.1 Å². The van der Waals surface area contributed by atoms with Crippen molar-refractivity contribution in [2.24, 2.45) is 5.92 Å². The monoisotopic (exact) mass is 209 g/mol. The van der Waals surface area contributed by atoms with E-state index in [9.17, 15) is 0 Å². The molecule has 1 N–H and O–H groups in total. The number of hydrazine groups is 1. The van der Waals surface area contributed by atoms with Gasteiger partial charge in [-0.2, -0.15) is 0 Å². The maximum atomic E-state index is 5.88. The Bertz CT molecular complexity index is 362. The van der Waals surface area contributed by atoms with Gasteiger partial charge in [-0.3, -0.25) is 5.01 Å². The van der Waals surface area contributed by atoms with Crippen molar-refractivity contribution in [3.8, 4) is 0 Å². The van der Waals surface area contributed by atoms with Gasteiger partial charge in [-0.05, 0) is 24.8 Å². The van der Waals surface area contributed by atoms with Crippen molar-refractivity contribution in [3.05, 3.63) is 22.8 Å². The van der Waals surface area contributed by atoms with Gasteiger partial charge in [-0.1, -0.05) is 17.7 Å². The summed E-state index contributed by atoms with van der Waals surface area (Å²) in [5.41, 5.74) is 4.58. The summed E-state index contributed by atoms with van der Waals surface area (Å²) in [5, 5.41) is 2.71. The normalized spacial score (nSPS) is 19.9. The van der Waals surface area contributed by atoms with Crippen molar-refractivity contribution in [2.75, 3.05) is 11.6 Å². The molecule has 0 unspecified atom stereocenters. The first-order valence-electron chi connectivity index (χ1n) is 4.99. The van der Waals surface area contributed by atoms with Gasteiger partial charge < -0.3 is 0 Å². The molecular weight excluding hydrogens is 198 g/mol. The number of anilines is 1. The topological polar surface area (TPSA) is 28.2 Å². The highest BCUT2D eigenvalue weighted by molar-refractivity contribution is 6.29. The average Bonchev–Trinajstić information content (AvgIpc) is 2.90. The molecule has 1 aliphatic heterocycles. The first-order chi connectivity index (χ1) is 6.83. The van der Waals surface area contributed by atoms with E-state index in [2.05, 4.69) is 15.4 Å². The minimum Gasteiger partial charge on any atom is -0.291 e. The molecular formula is C10H12ClN3. The molecule has 0 bridgehead atoms. The van der Waals surface area contributed by atoms with Crippen LogP contribution in [-0.4, -0.2) is 11.5 Å². The highest BCUT2D eigenvalue weighted by Crippen LogP contribution is 2.33. The Morgan fingerprint density at radius 2 is 2.36 bits per heavy atom. The number of rotatable bonds is 2. The number of nitrogens with one attached hydrogen (secondary N) is 1. The predicted molar refractivity (Wildman–Crippen MR) is 56.2 cm³/mol. The van der Waals surface area contributed by atoms with Crippen LogP contribution in [-0.2, 0) is 6.54 Å². The number of fused-ring (bicyclic) bond motifs is 1. The third-order valence-corrected chi connectivity index (χ3v) is 2.99. The zero-order valence-electron chi connectivity index (χ0n) is 7.83. The van der Waals surface area contributed by atoms with Crippen LogP contribution in [0.25, 0.3) is 0 Å². The summed E-state index contributed by atoms with van der Waals surface area (Å²) in [7, 11) is 0. The smallest absolute Gasteiger partial charge is 0.149 e. The summed E-state index contributed by atoms with van der Waals surface area (Å²) in [4.78, 5) is 4.34. The largest absolute Gasteiger partial charge is 0.291 e. The van der Waals surface area contributed by atoms with Crippen molar-refractivity contribution < 1.29 is 0 Å². The van der Waals surface area contributed by atoms with Crippen molar-refractivity contribution in [1.29, 1.82) is 0 Å². The molecule has 0 radical (unpaired) electrons. The molecule has 74 valence electrons. The van der Waals surface area contributed by atoms with E-state index < -0.39 is 0 Å². The molecule has 2 heterocycles. The van der Waals surface area contributed by atoms with Crippen molar-refractivity contribution >= 4 is 17.4 Å². The minimum absolute atomic E-state index is 0.577. The van der Waals surface area contributed by atoms with Crippen LogP contribution in [0.5, 0.6) is 0 Å². The zero-order valence-corrected chi connectivity index (χ0v) is 8.59. The molecule has 0 atom stereocenters. The van der Waals surface area contributed by atoms with Crippen molar-refractivity contribution in [1.82, 2.24) is 10.4 Å². The SMILES string of the molecule is Clc1ccc2c(n1)N(CC1CC1)NC2. The summed E-state index contributed by atoms with van der Waals surface area (Å²) < 4.78 is 0. The molecule has 3 nitrogen and oxygen atoms in total. The molecule has 14 heavy (non-hydrogen) atoms. The standard InChI is InChI=1S/C10H12ClN3/c11-9-4-3-8-5-12-14(10(8)13-9)6-7-1-2-7/h3-4,7,12H,1-2,5-6H2. The molecule has 1 aromatic rings. The first kappa shape index (κ1) is 8.50. The van der Waals surface area contributed by atoms with Crippen molar-refractivity contribution in [2.45, 2.75) is 19.4 Å². The molecule has 4 heteroatoms. The second-order valence-electron chi connectivity index (χ2n) is 4.01. The Balaban J connectivity index is 1.87. The fraction of sp³-hybridized carbons (Fsp3) is 0.500. The number of pyridine rings is 1. The van der Waals surface area contributed by atoms with E-state index in [4.69, 9.17) is 11.6 Å². The van der Waals surface area contributed by atoms with Gasteiger partial charge in [0.05, 0.1) is 0 Å². The lowest BCUT2D eigenvalue weighted by Crippen LogP contribution is -2.34. The minimum atomic E-state index is 0.577. The van der Waals surface area contributed by atoms with Gasteiger partial charge in [0.2, 0.25) is 0 Å². The number of nitrogens with zero attached hydrogens (tertiary/aromatic N) is 2. The Morgan fingerprint density at radius 3 is 3.14 bits per heavy atom. The van der Waals surface area contributed by atoms with Crippen LogP contribution in [0.1, 0.15) is 18.4 Å². The predicted octanol–water partition coefficient (Wildman–Crippen LogP) is 1.97. The summed E-state index contributed by atoms with van der Waals surface area (Å²) >= 11 is 5.88. The molecule has 0 spiro atoms. The van der Waals surface area contributed by atoms with E-state index in [0.717, 1.165) is 24.8 Å². The van der Waals surface area contributed by atoms with Gasteiger partial charge >= 0.3 is 0 Å². The van der Waals surface area contributed by atoms with Gasteiger partial charge in [0.15, 0.2) is 0 Å². The van der Waals surface area contributed by atoms with Gasteiger partial charge in [0, 0.05) is 18.7 Å². The number of hydrogen-bond donors (Lipinski definition) is 1. The third-order valence-electron chi connectivity index (χ3n) is 2.78. The van der Waals surface area contributed by atoms with Gasteiger partial charge in [-0.15, -0.1) is 0 Å². The summed E-state index contributed by atoms with van der Waals surface area (Å²) in [6.45, 7) is 1.95. The number of aromatic nitrogens is 1. The zero-order chi connectivity index (χ0) is 9.54. The van der Waals surface area contributed by atoms with E-state index in [1.54, 1.807) is 0 Å². The van der Waals surface area contributed by atoms with E-state index in [1.165, 1.54) is 18.4 Å². The maximum absolute atomic E-state index is 5.88. The van der Waals surface area contributed by atoms with Gasteiger partial charge in [0.1, 0.15) is 11.0 Å². The van der Waals surface area contributed by atoms with Crippen LogP contribution in [0.4, 0.5) is 5.82 Å². The van der Waals surface area contributed by atoms with Crippen LogP contribution in [0, 0.1) is 5.92 Å². The van der Waals surface area contributed by atoms with Crippen LogP contribution in [0.2, 0.25) is 5.15 Å². The van der Waals surface area contributed by atoms with Crippen LogP contribution < -0.4 is 10.4 Å². The Hall–Kier alpha value is -0.800. The molecule has 1 aromatic heterocycles. The van der Waals surface area contributed by atoms with E-state index in [0.29, 0.717) is 5.15 Å². The molecule has 0 saturated heterocycles. The number of halogens is 1. The quantitative estimate of drug-likeness (QED) is 0.755. The molecule has 1 saturated carbocycles. The highest BCUT2D eigenvalue weighted by Gasteiger charge is 2.28. The second-order valence-corrected chi connectivity index (χ2v) is 4.39. The van der Waals surface area contributed by atoms with Crippen LogP contribution in [0.3, 0.4) is 0 Å². The second kappa shape index (κ2) is 3.11. The Kier molecular flexibility index (Phi) is 1.89. The van der Waals surface area contributed by atoms with E-state index >= 15 is 0 Å². The average molecular weight is 210 g/mol. The van der Waals surface area contributed by atoms with Gasteiger partial charge in [-0.25, -0.2) is 10.4 Å². The Morgan fingerprint density at radius 1 is 1.50 bits per heavy atom. The summed E-state index contributed by atoms with van der Waals surface area (Å²) in [6, 6.07) is 3.90. The van der Waals surface area contributed by atoms with E-state index in [-0.39, 0.29) is 0 Å². The molecule has 3 rings (SSSR count). The molecule has 0 amide bonds. The van der Waals surface area contributed by atoms with Crippen LogP contribution >= 0.6 is 11.6 Å². The molecule has 1 aliphatic carbocycles. The molecule has 2 aliphatic rings. The first-order valence-corrected chi connectivity index (χ1v) is 5.37. The number of hydrogen-bond acceptors (Lipinski definition) is 3. The Labute approximate surface area is 88.0 Å². The lowest BCUT2D eigenvalue weighted by atomic mass is 10.3. The fourth-order valence-corrected chi connectivity index (χ4v) is 1.93. The molecule has 0 aromatic carbocycles. The van der Waals surface area contributed by atoms with Crippen LogP contribution in [0.15, 0.2) is 12.1 Å². The lowest BCUT2D eigenvalue weighted by Gasteiger charge is -2.17. The maximum Gasteiger partial charge on any atom is 0.149 e. The molecule has 1 fully saturated rings. The van der Waals surface area contributed by atoms with Gasteiger partial charge in [0.25, 0.3) is 0 Å². The fourth-order valence-electron chi connectivity index (χ4n) is 1.79. The summed E-state index contributed by atoms with van der Waals surface area (Å²) in [5.74, 6) is 1.87. The lowest BCUT2D eigenvalue weighted by molar-refractivity contribution is 0.629. The highest BCUT2D eigenvalue weighted by atomic mass is 35.5.